The Kier molecular flexibility index (Phi) is 6.75. The maximum absolute atomic E-state index is 9.16. The highest BCUT2D eigenvalue weighted by atomic mass is 16.5. The zero-order valence-electron chi connectivity index (χ0n) is 11.5. The molecule has 0 aliphatic rings. The molecule has 0 heterocycles. The van der Waals surface area contributed by atoms with E-state index < -0.39 is 0 Å². The van der Waals surface area contributed by atoms with Crippen LogP contribution in [0.4, 0.5) is 0 Å². The summed E-state index contributed by atoms with van der Waals surface area (Å²) in [6.07, 6.45) is 4.86. The van der Waals surface area contributed by atoms with Crippen LogP contribution in [0.1, 0.15) is 18.1 Å². The van der Waals surface area contributed by atoms with Crippen molar-refractivity contribution in [3.63, 3.8) is 0 Å². The predicted molar refractivity (Wildman–Crippen MR) is 78.0 cm³/mol. The van der Waals surface area contributed by atoms with Crippen molar-refractivity contribution < 1.29 is 14.6 Å². The average Bonchev–Trinajstić information content (AvgIpc) is 2.43. The molecule has 1 aromatic rings. The van der Waals surface area contributed by atoms with Gasteiger partial charge in [0.15, 0.2) is 0 Å². The Morgan fingerprint density at radius 1 is 1.16 bits per heavy atom. The molecule has 1 N–H and O–H groups in total. The van der Waals surface area contributed by atoms with Gasteiger partial charge in [-0.2, -0.15) is 0 Å². The van der Waals surface area contributed by atoms with E-state index in [1.165, 1.54) is 0 Å². The fraction of sp³-hybridized carbons (Fsp3) is 0.375. The van der Waals surface area contributed by atoms with Gasteiger partial charge in [-0.3, -0.25) is 0 Å². The third kappa shape index (κ3) is 4.45. The maximum Gasteiger partial charge on any atom is 0.126 e. The molecule has 1 aromatic carbocycles. The Balaban J connectivity index is 3.10. The predicted octanol–water partition coefficient (Wildman–Crippen LogP) is 2.91. The summed E-state index contributed by atoms with van der Waals surface area (Å²) in [4.78, 5) is 0. The van der Waals surface area contributed by atoms with Gasteiger partial charge in [0.05, 0.1) is 0 Å². The molecule has 0 radical (unpaired) electrons. The van der Waals surface area contributed by atoms with E-state index in [2.05, 4.69) is 20.1 Å². The molecule has 19 heavy (non-hydrogen) atoms. The summed E-state index contributed by atoms with van der Waals surface area (Å²) in [5.41, 5.74) is 2.17. The van der Waals surface area contributed by atoms with E-state index in [-0.39, 0.29) is 6.61 Å². The lowest BCUT2D eigenvalue weighted by Crippen LogP contribution is -2.04. The number of aliphatic hydroxyl groups is 1. The number of hydrogen-bond acceptors (Lipinski definition) is 3. The summed E-state index contributed by atoms with van der Waals surface area (Å²) < 4.78 is 11.2. The summed E-state index contributed by atoms with van der Waals surface area (Å²) in [6, 6.07) is 3.84. The van der Waals surface area contributed by atoms with Crippen LogP contribution in [0.15, 0.2) is 37.4 Å². The van der Waals surface area contributed by atoms with Crippen molar-refractivity contribution in [2.75, 3.05) is 19.8 Å². The van der Waals surface area contributed by atoms with Gasteiger partial charge in [-0.05, 0) is 30.0 Å². The Labute approximate surface area is 115 Å². The molecule has 1 rings (SSSR count). The minimum Gasteiger partial charge on any atom is -0.489 e. The van der Waals surface area contributed by atoms with Gasteiger partial charge in [0.25, 0.3) is 0 Å². The number of rotatable bonds is 9. The molecule has 0 atom stereocenters. The van der Waals surface area contributed by atoms with Gasteiger partial charge in [0.1, 0.15) is 24.7 Å². The fourth-order valence-corrected chi connectivity index (χ4v) is 1.94. The van der Waals surface area contributed by atoms with E-state index in [1.54, 1.807) is 12.2 Å². The highest BCUT2D eigenvalue weighted by molar-refractivity contribution is 5.47. The quantitative estimate of drug-likeness (QED) is 0.695. The van der Waals surface area contributed by atoms with Crippen molar-refractivity contribution in [1.29, 1.82) is 0 Å². The first-order chi connectivity index (χ1) is 9.26. The lowest BCUT2D eigenvalue weighted by atomic mass is 10.0. The van der Waals surface area contributed by atoms with Gasteiger partial charge in [0, 0.05) is 12.7 Å². The minimum atomic E-state index is 0.110. The van der Waals surface area contributed by atoms with Crippen LogP contribution in [0.2, 0.25) is 0 Å². The van der Waals surface area contributed by atoms with Gasteiger partial charge in [-0.1, -0.05) is 32.2 Å². The third-order valence-corrected chi connectivity index (χ3v) is 2.73. The Hall–Kier alpha value is -1.74. The van der Waals surface area contributed by atoms with Crippen molar-refractivity contribution >= 4 is 0 Å². The van der Waals surface area contributed by atoms with E-state index >= 15 is 0 Å². The fourth-order valence-electron chi connectivity index (χ4n) is 1.94. The van der Waals surface area contributed by atoms with Crippen molar-refractivity contribution in [1.82, 2.24) is 0 Å². The summed E-state index contributed by atoms with van der Waals surface area (Å²) in [7, 11) is 0. The van der Waals surface area contributed by atoms with E-state index in [0.717, 1.165) is 29.0 Å². The molecule has 0 spiro atoms. The normalized spacial score (nSPS) is 10.0. The van der Waals surface area contributed by atoms with Crippen LogP contribution in [-0.2, 0) is 12.8 Å². The molecule has 0 saturated carbocycles. The molecule has 0 unspecified atom stereocenters. The average molecular weight is 262 g/mol. The SMILES string of the molecule is C=CCOc1cc(CCO)c(CC)c(OCC=C)c1. The molecule has 0 aliphatic heterocycles. The molecule has 0 amide bonds. The van der Waals surface area contributed by atoms with Crippen molar-refractivity contribution in [3.05, 3.63) is 48.6 Å². The molecular weight excluding hydrogens is 240 g/mol. The van der Waals surface area contributed by atoms with Crippen LogP contribution in [0.5, 0.6) is 11.5 Å². The lowest BCUT2D eigenvalue weighted by Gasteiger charge is -2.16. The van der Waals surface area contributed by atoms with Crippen LogP contribution in [0.3, 0.4) is 0 Å². The highest BCUT2D eigenvalue weighted by Gasteiger charge is 2.11. The van der Waals surface area contributed by atoms with E-state index in [1.807, 2.05) is 12.1 Å². The third-order valence-electron chi connectivity index (χ3n) is 2.73. The number of benzene rings is 1. The molecule has 0 aliphatic carbocycles. The molecule has 3 heteroatoms. The number of aliphatic hydroxyl groups excluding tert-OH is 1. The number of hydrogen-bond donors (Lipinski definition) is 1. The highest BCUT2D eigenvalue weighted by Crippen LogP contribution is 2.30. The van der Waals surface area contributed by atoms with E-state index in [0.29, 0.717) is 19.6 Å². The first kappa shape index (κ1) is 15.3. The van der Waals surface area contributed by atoms with Gasteiger partial charge in [0.2, 0.25) is 0 Å². The van der Waals surface area contributed by atoms with Crippen molar-refractivity contribution in [2.24, 2.45) is 0 Å². The smallest absolute Gasteiger partial charge is 0.126 e. The minimum absolute atomic E-state index is 0.110. The summed E-state index contributed by atoms with van der Waals surface area (Å²) in [5, 5.41) is 9.16. The molecule has 104 valence electrons. The second-order valence-electron chi connectivity index (χ2n) is 4.09. The second-order valence-corrected chi connectivity index (χ2v) is 4.09. The zero-order chi connectivity index (χ0) is 14.1. The van der Waals surface area contributed by atoms with E-state index in [4.69, 9.17) is 14.6 Å². The number of ether oxygens (including phenoxy) is 2. The Morgan fingerprint density at radius 2 is 1.84 bits per heavy atom. The lowest BCUT2D eigenvalue weighted by molar-refractivity contribution is 0.297. The standard InChI is InChI=1S/C16H22O3/c1-4-9-18-14-11-13(7-8-17)15(6-3)16(12-14)19-10-5-2/h4-5,11-12,17H,1-2,6-10H2,3H3. The maximum atomic E-state index is 9.16. The first-order valence-electron chi connectivity index (χ1n) is 6.50. The largest absolute Gasteiger partial charge is 0.489 e. The molecule has 0 saturated heterocycles. The zero-order valence-corrected chi connectivity index (χ0v) is 11.5. The van der Waals surface area contributed by atoms with Gasteiger partial charge >= 0.3 is 0 Å². The van der Waals surface area contributed by atoms with Crippen molar-refractivity contribution in [3.8, 4) is 11.5 Å². The van der Waals surface area contributed by atoms with Crippen LogP contribution in [0, 0.1) is 0 Å². The van der Waals surface area contributed by atoms with Gasteiger partial charge in [-0.25, -0.2) is 0 Å². The molecular formula is C16H22O3. The van der Waals surface area contributed by atoms with Crippen LogP contribution in [-0.4, -0.2) is 24.9 Å². The monoisotopic (exact) mass is 262 g/mol. The molecule has 0 aromatic heterocycles. The first-order valence-corrected chi connectivity index (χ1v) is 6.50. The van der Waals surface area contributed by atoms with Crippen LogP contribution in [0.25, 0.3) is 0 Å². The second kappa shape index (κ2) is 8.38. The molecule has 3 nitrogen and oxygen atoms in total. The molecule has 0 bridgehead atoms. The summed E-state index contributed by atoms with van der Waals surface area (Å²) in [6.45, 7) is 10.4. The van der Waals surface area contributed by atoms with Gasteiger partial charge in [-0.15, -0.1) is 0 Å². The van der Waals surface area contributed by atoms with Crippen molar-refractivity contribution in [2.45, 2.75) is 19.8 Å². The topological polar surface area (TPSA) is 38.7 Å². The van der Waals surface area contributed by atoms with E-state index in [9.17, 15) is 0 Å². The Morgan fingerprint density at radius 3 is 2.42 bits per heavy atom. The van der Waals surface area contributed by atoms with Gasteiger partial charge < -0.3 is 14.6 Å². The summed E-state index contributed by atoms with van der Waals surface area (Å²) >= 11 is 0. The molecule has 0 fully saturated rings. The van der Waals surface area contributed by atoms with Crippen LogP contribution < -0.4 is 9.47 Å². The Bertz CT molecular complexity index is 424. The van der Waals surface area contributed by atoms with Crippen LogP contribution >= 0.6 is 0 Å². The summed E-state index contributed by atoms with van der Waals surface area (Å²) in [5.74, 6) is 1.53.